The Kier molecular flexibility index (Phi) is 4.48. The second kappa shape index (κ2) is 5.95. The molecular formula is C14H10Cl2F2O2. The summed E-state index contributed by atoms with van der Waals surface area (Å²) in [5.41, 5.74) is -0.378. The Bertz CT molecular complexity index is 624. The van der Waals surface area contributed by atoms with Crippen molar-refractivity contribution in [3.8, 4) is 5.75 Å². The Balaban J connectivity index is 2.53. The Morgan fingerprint density at radius 1 is 1.10 bits per heavy atom. The molecule has 0 aromatic heterocycles. The van der Waals surface area contributed by atoms with Gasteiger partial charge >= 0.3 is 0 Å². The highest BCUT2D eigenvalue weighted by Crippen LogP contribution is 2.34. The van der Waals surface area contributed by atoms with Gasteiger partial charge < -0.3 is 9.84 Å². The fourth-order valence-corrected chi connectivity index (χ4v) is 2.22. The molecule has 0 amide bonds. The van der Waals surface area contributed by atoms with Crippen molar-refractivity contribution in [2.45, 2.75) is 6.10 Å². The number of rotatable bonds is 3. The average Bonchev–Trinajstić information content (AvgIpc) is 2.40. The molecule has 1 unspecified atom stereocenters. The number of methoxy groups -OCH3 is 1. The van der Waals surface area contributed by atoms with Crippen LogP contribution in [0.15, 0.2) is 30.3 Å². The van der Waals surface area contributed by atoms with Gasteiger partial charge in [0.05, 0.1) is 12.7 Å². The molecule has 0 saturated carbocycles. The van der Waals surface area contributed by atoms with Crippen molar-refractivity contribution in [3.63, 3.8) is 0 Å². The molecule has 2 rings (SSSR count). The van der Waals surface area contributed by atoms with Crippen LogP contribution in [0.3, 0.4) is 0 Å². The van der Waals surface area contributed by atoms with E-state index in [0.29, 0.717) is 5.02 Å². The summed E-state index contributed by atoms with van der Waals surface area (Å²) in [4.78, 5) is 0. The number of benzene rings is 2. The van der Waals surface area contributed by atoms with Gasteiger partial charge in [-0.3, -0.25) is 0 Å². The zero-order chi connectivity index (χ0) is 14.9. The molecule has 2 nitrogen and oxygen atoms in total. The van der Waals surface area contributed by atoms with E-state index in [1.165, 1.54) is 25.3 Å². The Morgan fingerprint density at radius 3 is 2.25 bits per heavy atom. The van der Waals surface area contributed by atoms with Crippen molar-refractivity contribution in [1.29, 1.82) is 0 Å². The van der Waals surface area contributed by atoms with Crippen molar-refractivity contribution in [1.82, 2.24) is 0 Å². The van der Waals surface area contributed by atoms with Gasteiger partial charge in [-0.15, -0.1) is 0 Å². The van der Waals surface area contributed by atoms with E-state index in [1.54, 1.807) is 0 Å². The maximum absolute atomic E-state index is 13.9. The van der Waals surface area contributed by atoms with Crippen LogP contribution in [0.2, 0.25) is 10.0 Å². The molecule has 20 heavy (non-hydrogen) atoms. The molecule has 0 saturated heterocycles. The summed E-state index contributed by atoms with van der Waals surface area (Å²) in [5.74, 6) is -1.83. The lowest BCUT2D eigenvalue weighted by Gasteiger charge is -2.16. The normalized spacial score (nSPS) is 12.3. The molecule has 2 aromatic carbocycles. The second-order valence-electron chi connectivity index (χ2n) is 4.07. The smallest absolute Gasteiger partial charge is 0.135 e. The lowest BCUT2D eigenvalue weighted by atomic mass is 10.00. The highest BCUT2D eigenvalue weighted by Gasteiger charge is 2.23. The van der Waals surface area contributed by atoms with Gasteiger partial charge in [-0.25, -0.2) is 8.78 Å². The molecular weight excluding hydrogens is 309 g/mol. The molecule has 0 aliphatic carbocycles. The number of aliphatic hydroxyl groups is 1. The first-order chi connectivity index (χ1) is 9.43. The lowest BCUT2D eigenvalue weighted by molar-refractivity contribution is 0.208. The molecule has 6 heteroatoms. The summed E-state index contributed by atoms with van der Waals surface area (Å²) in [7, 11) is 1.29. The zero-order valence-electron chi connectivity index (χ0n) is 10.3. The summed E-state index contributed by atoms with van der Waals surface area (Å²) in [6.45, 7) is 0. The average molecular weight is 319 g/mol. The van der Waals surface area contributed by atoms with Crippen LogP contribution < -0.4 is 4.74 Å². The highest BCUT2D eigenvalue weighted by molar-refractivity contribution is 6.33. The van der Waals surface area contributed by atoms with Gasteiger partial charge in [0, 0.05) is 27.7 Å². The van der Waals surface area contributed by atoms with Crippen molar-refractivity contribution < 1.29 is 18.6 Å². The first-order valence-corrected chi connectivity index (χ1v) is 6.35. The standard InChI is InChI=1S/C14H10Cl2F2O2/c1-20-8-5-11(17)13(12(18)6-8)14(19)9-4-7(15)2-3-10(9)16/h2-6,14,19H,1H3. The number of hydrogen-bond donors (Lipinski definition) is 1. The van der Waals surface area contributed by atoms with Gasteiger partial charge in [-0.05, 0) is 18.2 Å². The monoisotopic (exact) mass is 318 g/mol. The number of hydrogen-bond acceptors (Lipinski definition) is 2. The van der Waals surface area contributed by atoms with Crippen molar-refractivity contribution in [2.24, 2.45) is 0 Å². The van der Waals surface area contributed by atoms with Gasteiger partial charge in [-0.1, -0.05) is 23.2 Å². The minimum atomic E-state index is -1.56. The van der Waals surface area contributed by atoms with E-state index < -0.39 is 23.3 Å². The van der Waals surface area contributed by atoms with E-state index in [-0.39, 0.29) is 16.3 Å². The van der Waals surface area contributed by atoms with Gasteiger partial charge in [0.15, 0.2) is 0 Å². The molecule has 0 radical (unpaired) electrons. The van der Waals surface area contributed by atoms with Crippen LogP contribution in [0.4, 0.5) is 8.78 Å². The van der Waals surface area contributed by atoms with Crippen molar-refractivity contribution in [2.75, 3.05) is 7.11 Å². The molecule has 0 aliphatic heterocycles. The Morgan fingerprint density at radius 2 is 1.70 bits per heavy atom. The Hall–Kier alpha value is -1.36. The van der Waals surface area contributed by atoms with Gasteiger partial charge in [0.25, 0.3) is 0 Å². The van der Waals surface area contributed by atoms with E-state index in [4.69, 9.17) is 27.9 Å². The van der Waals surface area contributed by atoms with Crippen LogP contribution in [-0.2, 0) is 0 Å². The van der Waals surface area contributed by atoms with Crippen LogP contribution >= 0.6 is 23.2 Å². The van der Waals surface area contributed by atoms with Gasteiger partial charge in [-0.2, -0.15) is 0 Å². The quantitative estimate of drug-likeness (QED) is 0.911. The van der Waals surface area contributed by atoms with Crippen LogP contribution in [0.5, 0.6) is 5.75 Å². The number of ether oxygens (including phenoxy) is 1. The summed E-state index contributed by atoms with van der Waals surface area (Å²) in [5, 5.41) is 10.6. The first-order valence-electron chi connectivity index (χ1n) is 5.60. The summed E-state index contributed by atoms with van der Waals surface area (Å²) in [6.07, 6.45) is -1.56. The third-order valence-electron chi connectivity index (χ3n) is 2.81. The second-order valence-corrected chi connectivity index (χ2v) is 4.92. The third-order valence-corrected chi connectivity index (χ3v) is 3.39. The van der Waals surface area contributed by atoms with Crippen molar-refractivity contribution in [3.05, 3.63) is 63.1 Å². The van der Waals surface area contributed by atoms with Crippen LogP contribution in [0, 0.1) is 11.6 Å². The Labute approximate surface area is 124 Å². The molecule has 0 heterocycles. The maximum Gasteiger partial charge on any atom is 0.135 e. The maximum atomic E-state index is 13.9. The molecule has 0 fully saturated rings. The predicted octanol–water partition coefficient (Wildman–Crippen LogP) is 4.36. The third kappa shape index (κ3) is 2.87. The van der Waals surface area contributed by atoms with E-state index in [9.17, 15) is 13.9 Å². The molecule has 106 valence electrons. The largest absolute Gasteiger partial charge is 0.497 e. The number of halogens is 4. The molecule has 0 bridgehead atoms. The number of aliphatic hydroxyl groups excluding tert-OH is 1. The van der Waals surface area contributed by atoms with E-state index >= 15 is 0 Å². The lowest BCUT2D eigenvalue weighted by Crippen LogP contribution is -2.07. The fraction of sp³-hybridized carbons (Fsp3) is 0.143. The van der Waals surface area contributed by atoms with E-state index in [2.05, 4.69) is 0 Å². The van der Waals surface area contributed by atoms with Crippen molar-refractivity contribution >= 4 is 23.2 Å². The van der Waals surface area contributed by atoms with Crippen LogP contribution in [0.25, 0.3) is 0 Å². The summed E-state index contributed by atoms with van der Waals surface area (Å²) >= 11 is 11.7. The SMILES string of the molecule is COc1cc(F)c(C(O)c2cc(Cl)ccc2Cl)c(F)c1. The predicted molar refractivity (Wildman–Crippen MR) is 73.4 cm³/mol. The zero-order valence-corrected chi connectivity index (χ0v) is 11.8. The first kappa shape index (κ1) is 15.0. The molecule has 2 aromatic rings. The molecule has 0 spiro atoms. The summed E-state index contributed by atoms with van der Waals surface area (Å²) < 4.78 is 32.6. The molecule has 1 N–H and O–H groups in total. The highest BCUT2D eigenvalue weighted by atomic mass is 35.5. The van der Waals surface area contributed by atoms with Gasteiger partial charge in [0.2, 0.25) is 0 Å². The summed E-state index contributed by atoms with van der Waals surface area (Å²) in [6, 6.07) is 6.29. The van der Waals surface area contributed by atoms with Crippen LogP contribution in [-0.4, -0.2) is 12.2 Å². The molecule has 0 aliphatic rings. The fourth-order valence-electron chi connectivity index (χ4n) is 1.82. The van der Waals surface area contributed by atoms with E-state index in [0.717, 1.165) is 12.1 Å². The van der Waals surface area contributed by atoms with Crippen LogP contribution in [0.1, 0.15) is 17.2 Å². The molecule has 1 atom stereocenters. The van der Waals surface area contributed by atoms with E-state index in [1.807, 2.05) is 0 Å². The van der Waals surface area contributed by atoms with Gasteiger partial charge in [0.1, 0.15) is 23.5 Å². The minimum absolute atomic E-state index is 0.0214. The topological polar surface area (TPSA) is 29.5 Å². The minimum Gasteiger partial charge on any atom is -0.497 e.